The third-order valence-electron chi connectivity index (χ3n) is 5.97. The molecule has 0 aliphatic carbocycles. The lowest BCUT2D eigenvalue weighted by Crippen LogP contribution is -2.42. The first-order valence-electron chi connectivity index (χ1n) is 10.8. The van der Waals surface area contributed by atoms with Gasteiger partial charge in [0, 0.05) is 5.39 Å². The number of hydrogen-bond donors (Lipinski definition) is 2. The van der Waals surface area contributed by atoms with E-state index in [2.05, 4.69) is 5.32 Å². The maximum absolute atomic E-state index is 13.2. The topological polar surface area (TPSA) is 97.3 Å². The summed E-state index contributed by atoms with van der Waals surface area (Å²) in [6, 6.07) is 18.0. The quantitative estimate of drug-likeness (QED) is 0.563. The molecule has 2 aliphatic heterocycles. The number of rotatable bonds is 6. The molecule has 2 N–H and O–H groups in total. The lowest BCUT2D eigenvalue weighted by molar-refractivity contribution is -0.132. The van der Waals surface area contributed by atoms with Gasteiger partial charge in [-0.3, -0.25) is 9.69 Å². The van der Waals surface area contributed by atoms with E-state index < -0.39 is 23.6 Å². The van der Waals surface area contributed by atoms with Crippen molar-refractivity contribution in [1.29, 1.82) is 0 Å². The lowest BCUT2D eigenvalue weighted by atomic mass is 9.91. The van der Waals surface area contributed by atoms with Gasteiger partial charge in [0.15, 0.2) is 11.5 Å². The van der Waals surface area contributed by atoms with E-state index in [0.717, 1.165) is 15.7 Å². The van der Waals surface area contributed by atoms with Crippen LogP contribution in [-0.4, -0.2) is 54.4 Å². The molecule has 0 saturated carbocycles. The highest BCUT2D eigenvalue weighted by Gasteiger charge is 2.49. The van der Waals surface area contributed by atoms with Gasteiger partial charge in [-0.1, -0.05) is 42.5 Å². The number of aliphatic hydroxyl groups excluding tert-OH is 1. The van der Waals surface area contributed by atoms with Gasteiger partial charge in [0.05, 0.1) is 6.54 Å². The van der Waals surface area contributed by atoms with Gasteiger partial charge in [0.2, 0.25) is 0 Å². The van der Waals surface area contributed by atoms with Gasteiger partial charge >= 0.3 is 6.03 Å². The number of hydrogen-bond acceptors (Lipinski definition) is 6. The highest BCUT2D eigenvalue weighted by Crippen LogP contribution is 2.37. The van der Waals surface area contributed by atoms with Gasteiger partial charge in [0.1, 0.15) is 37.2 Å². The molecular weight excluding hydrogens is 424 g/mol. The van der Waals surface area contributed by atoms with E-state index >= 15 is 0 Å². The second kappa shape index (κ2) is 8.29. The Hall–Kier alpha value is -3.78. The van der Waals surface area contributed by atoms with E-state index in [1.807, 2.05) is 42.5 Å². The number of β-amino-alcohol motifs (C(OH)–C–C–N with tert-alkyl or cyclic N) is 1. The normalized spacial score (nSPS) is 20.6. The first kappa shape index (κ1) is 21.1. The molecule has 33 heavy (non-hydrogen) atoms. The predicted molar refractivity (Wildman–Crippen MR) is 120 cm³/mol. The SMILES string of the molecule is C[C@]1(c2ccc3c(c2)OCCO3)NC(=O)N(C[C@H](O)COc2cccc3ccccc23)C1=O. The standard InChI is InChI=1S/C25H24N2O6/c1-25(17-9-10-21-22(13-17)32-12-11-31-21)23(29)27(24(30)26-25)14-18(28)15-33-20-8-4-6-16-5-2-3-7-19(16)20/h2-10,13,18,28H,11-12,14-15H2,1H3,(H,26,30)/t18-,25+/m0/s1. The Morgan fingerprint density at radius 1 is 1.06 bits per heavy atom. The van der Waals surface area contributed by atoms with Gasteiger partial charge in [-0.2, -0.15) is 0 Å². The number of amides is 3. The molecule has 3 amide bonds. The molecular formula is C25H24N2O6. The maximum atomic E-state index is 13.2. The summed E-state index contributed by atoms with van der Waals surface area (Å²) in [6.45, 7) is 2.27. The predicted octanol–water partition coefficient (Wildman–Crippen LogP) is 2.82. The number of benzene rings is 3. The summed E-state index contributed by atoms with van der Waals surface area (Å²) in [6.07, 6.45) is -1.05. The van der Waals surface area contributed by atoms with E-state index in [0.29, 0.717) is 36.0 Å². The smallest absolute Gasteiger partial charge is 0.325 e. The Morgan fingerprint density at radius 2 is 1.82 bits per heavy atom. The number of urea groups is 1. The fraction of sp³-hybridized carbons (Fsp3) is 0.280. The molecule has 2 atom stereocenters. The zero-order chi connectivity index (χ0) is 23.0. The number of carbonyl (C=O) groups excluding carboxylic acids is 2. The number of imide groups is 1. The largest absolute Gasteiger partial charge is 0.490 e. The summed E-state index contributed by atoms with van der Waals surface area (Å²) in [4.78, 5) is 26.9. The molecule has 0 spiro atoms. The van der Waals surface area contributed by atoms with Crippen LogP contribution in [-0.2, 0) is 10.3 Å². The molecule has 3 aromatic rings. The molecule has 8 heteroatoms. The van der Waals surface area contributed by atoms with Gasteiger partial charge in [0.25, 0.3) is 5.91 Å². The Labute approximate surface area is 190 Å². The molecule has 8 nitrogen and oxygen atoms in total. The van der Waals surface area contributed by atoms with Crippen LogP contribution in [0.2, 0.25) is 0 Å². The van der Waals surface area contributed by atoms with Crippen LogP contribution in [0, 0.1) is 0 Å². The minimum absolute atomic E-state index is 0.0637. The Bertz CT molecular complexity index is 1220. The molecule has 2 aliphatic rings. The summed E-state index contributed by atoms with van der Waals surface area (Å²) in [5, 5.41) is 15.2. The fourth-order valence-corrected chi connectivity index (χ4v) is 4.18. The molecule has 5 rings (SSSR count). The summed E-state index contributed by atoms with van der Waals surface area (Å²) < 4.78 is 16.9. The van der Waals surface area contributed by atoms with E-state index in [1.165, 1.54) is 0 Å². The molecule has 0 radical (unpaired) electrons. The number of nitrogens with one attached hydrogen (secondary N) is 1. The Balaban J connectivity index is 1.28. The zero-order valence-electron chi connectivity index (χ0n) is 18.1. The van der Waals surface area contributed by atoms with Crippen LogP contribution in [0.15, 0.2) is 60.7 Å². The van der Waals surface area contributed by atoms with Crippen molar-refractivity contribution in [1.82, 2.24) is 10.2 Å². The van der Waals surface area contributed by atoms with Crippen molar-refractivity contribution in [2.75, 3.05) is 26.4 Å². The summed E-state index contributed by atoms with van der Waals surface area (Å²) in [5.41, 5.74) is -0.697. The second-order valence-electron chi connectivity index (χ2n) is 8.27. The molecule has 1 saturated heterocycles. The van der Waals surface area contributed by atoms with Crippen molar-refractivity contribution in [3.05, 3.63) is 66.2 Å². The second-order valence-corrected chi connectivity index (χ2v) is 8.27. The van der Waals surface area contributed by atoms with Crippen molar-refractivity contribution in [3.63, 3.8) is 0 Å². The number of fused-ring (bicyclic) bond motifs is 2. The number of carbonyl (C=O) groups is 2. The van der Waals surface area contributed by atoms with Gasteiger partial charge in [-0.05, 0) is 36.1 Å². The first-order valence-corrected chi connectivity index (χ1v) is 10.8. The van der Waals surface area contributed by atoms with Crippen molar-refractivity contribution in [2.24, 2.45) is 0 Å². The molecule has 0 unspecified atom stereocenters. The van der Waals surface area contributed by atoms with Crippen LogP contribution in [0.25, 0.3) is 10.8 Å². The van der Waals surface area contributed by atoms with Crippen molar-refractivity contribution in [2.45, 2.75) is 18.6 Å². The number of nitrogens with zero attached hydrogens (tertiary/aromatic N) is 1. The van der Waals surface area contributed by atoms with E-state index in [1.54, 1.807) is 25.1 Å². The van der Waals surface area contributed by atoms with Gasteiger partial charge in [-0.15, -0.1) is 0 Å². The first-order chi connectivity index (χ1) is 16.0. The zero-order valence-corrected chi connectivity index (χ0v) is 18.1. The minimum atomic E-state index is -1.27. The lowest BCUT2D eigenvalue weighted by Gasteiger charge is -2.25. The molecule has 170 valence electrons. The monoisotopic (exact) mass is 448 g/mol. The third kappa shape index (κ3) is 3.82. The fourth-order valence-electron chi connectivity index (χ4n) is 4.18. The van der Waals surface area contributed by atoms with Crippen LogP contribution in [0.5, 0.6) is 17.2 Å². The average molecular weight is 448 g/mol. The highest BCUT2D eigenvalue weighted by atomic mass is 16.6. The van der Waals surface area contributed by atoms with E-state index in [-0.39, 0.29) is 13.2 Å². The van der Waals surface area contributed by atoms with Crippen LogP contribution in [0.3, 0.4) is 0 Å². The van der Waals surface area contributed by atoms with Crippen LogP contribution < -0.4 is 19.5 Å². The number of aliphatic hydroxyl groups is 1. The minimum Gasteiger partial charge on any atom is -0.490 e. The van der Waals surface area contributed by atoms with Crippen molar-refractivity contribution in [3.8, 4) is 17.2 Å². The van der Waals surface area contributed by atoms with Crippen LogP contribution >= 0.6 is 0 Å². The van der Waals surface area contributed by atoms with Gasteiger partial charge < -0.3 is 24.6 Å². The molecule has 2 heterocycles. The van der Waals surface area contributed by atoms with Crippen molar-refractivity contribution < 1.29 is 28.9 Å². The van der Waals surface area contributed by atoms with Crippen LogP contribution in [0.4, 0.5) is 4.79 Å². The van der Waals surface area contributed by atoms with E-state index in [9.17, 15) is 14.7 Å². The molecule has 0 bridgehead atoms. The van der Waals surface area contributed by atoms with E-state index in [4.69, 9.17) is 14.2 Å². The number of ether oxygens (including phenoxy) is 3. The van der Waals surface area contributed by atoms with Gasteiger partial charge in [-0.25, -0.2) is 4.79 Å². The summed E-state index contributed by atoms with van der Waals surface area (Å²) in [5.74, 6) is 1.31. The third-order valence-corrected chi connectivity index (χ3v) is 5.97. The Morgan fingerprint density at radius 3 is 2.67 bits per heavy atom. The summed E-state index contributed by atoms with van der Waals surface area (Å²) in [7, 11) is 0. The summed E-state index contributed by atoms with van der Waals surface area (Å²) >= 11 is 0. The maximum Gasteiger partial charge on any atom is 0.325 e. The van der Waals surface area contributed by atoms with Crippen molar-refractivity contribution >= 4 is 22.7 Å². The Kier molecular flexibility index (Phi) is 5.30. The molecule has 0 aromatic heterocycles. The highest BCUT2D eigenvalue weighted by molar-refractivity contribution is 6.07. The van der Waals surface area contributed by atoms with Crippen LogP contribution in [0.1, 0.15) is 12.5 Å². The molecule has 1 fully saturated rings. The molecule has 3 aromatic carbocycles. The average Bonchev–Trinajstić information content (AvgIpc) is 3.06.